The highest BCUT2D eigenvalue weighted by Gasteiger charge is 2.57. The van der Waals surface area contributed by atoms with Crippen LogP contribution in [0.25, 0.3) is 21.9 Å². The second-order valence-electron chi connectivity index (χ2n) is 15.6. The Bertz CT molecular complexity index is 2300. The smallest absolute Gasteiger partial charge is 0.262 e. The van der Waals surface area contributed by atoms with Crippen LogP contribution in [0.5, 0.6) is 11.5 Å². The molecule has 0 bridgehead atoms. The van der Waals surface area contributed by atoms with Crippen LogP contribution >= 0.6 is 0 Å². The number of hydrogen-bond donors (Lipinski definition) is 2. The number of pyridine rings is 2. The van der Waals surface area contributed by atoms with Gasteiger partial charge in [-0.15, -0.1) is 0 Å². The second-order valence-corrected chi connectivity index (χ2v) is 15.6. The lowest BCUT2D eigenvalue weighted by Crippen LogP contribution is -2.54. The molecule has 1 spiro atoms. The number of nitrogens with zero attached hydrogens (tertiary/aromatic N) is 5. The molecule has 14 nitrogen and oxygen atoms in total. The van der Waals surface area contributed by atoms with E-state index in [2.05, 4.69) is 32.5 Å². The lowest BCUT2D eigenvalue weighted by atomic mass is 9.99. The SMILES string of the molecule is COc1cc(-c2cn(C)c(=O)c3cnccc23)cc(OC)c1CN(C)CCCCNC1CC12CCN(c1ccc3c(c1)C(=O)N(C1CCC(=O)NC1=O)C3=O)C2. The minimum atomic E-state index is -0.970. The number of hydrogen-bond acceptors (Lipinski definition) is 11. The first-order chi connectivity index (χ1) is 27.0. The zero-order valence-corrected chi connectivity index (χ0v) is 32.2. The zero-order chi connectivity index (χ0) is 39.3. The number of carbonyl (C=O) groups excluding carboxylic acids is 4. The summed E-state index contributed by atoms with van der Waals surface area (Å²) in [5.74, 6) is -0.507. The van der Waals surface area contributed by atoms with Crippen molar-refractivity contribution >= 4 is 40.1 Å². The number of aryl methyl sites for hydroxylation is 1. The molecular formula is C42H47N7O7. The van der Waals surface area contributed by atoms with Crippen molar-refractivity contribution in [3.8, 4) is 22.6 Å². The Morgan fingerprint density at radius 2 is 1.73 bits per heavy atom. The number of amides is 4. The van der Waals surface area contributed by atoms with Crippen LogP contribution in [0.15, 0.2) is 59.8 Å². The Kier molecular flexibility index (Phi) is 9.87. The number of rotatable bonds is 13. The number of piperidine rings is 1. The molecule has 4 aliphatic rings. The molecule has 1 saturated carbocycles. The van der Waals surface area contributed by atoms with E-state index in [9.17, 15) is 24.0 Å². The van der Waals surface area contributed by atoms with Crippen LogP contribution in [-0.2, 0) is 23.2 Å². The molecular weight excluding hydrogens is 715 g/mol. The highest BCUT2D eigenvalue weighted by atomic mass is 16.5. The van der Waals surface area contributed by atoms with E-state index in [1.54, 1.807) is 50.4 Å². The van der Waals surface area contributed by atoms with Gasteiger partial charge in [-0.05, 0) is 99.6 Å². The molecule has 2 aromatic heterocycles. The molecule has 1 aliphatic carbocycles. The largest absolute Gasteiger partial charge is 0.496 e. The first-order valence-electron chi connectivity index (χ1n) is 19.2. The minimum absolute atomic E-state index is 0.0942. The number of benzene rings is 2. The van der Waals surface area contributed by atoms with Crippen LogP contribution in [0.1, 0.15) is 64.8 Å². The monoisotopic (exact) mass is 761 g/mol. The van der Waals surface area contributed by atoms with E-state index in [0.29, 0.717) is 29.1 Å². The van der Waals surface area contributed by atoms with Crippen molar-refractivity contribution in [2.45, 2.75) is 57.2 Å². The molecule has 56 heavy (non-hydrogen) atoms. The molecule has 2 aromatic carbocycles. The van der Waals surface area contributed by atoms with E-state index >= 15 is 0 Å². The van der Waals surface area contributed by atoms with Crippen molar-refractivity contribution in [2.24, 2.45) is 12.5 Å². The van der Waals surface area contributed by atoms with Crippen LogP contribution in [-0.4, -0.2) is 103 Å². The number of methoxy groups -OCH3 is 2. The maximum Gasteiger partial charge on any atom is 0.262 e. The molecule has 2 N–H and O–H groups in total. The normalized spacial score (nSPS) is 21.7. The van der Waals surface area contributed by atoms with Gasteiger partial charge in [0.05, 0.1) is 36.3 Å². The van der Waals surface area contributed by atoms with E-state index in [1.165, 1.54) is 0 Å². The Balaban J connectivity index is 0.826. The predicted octanol–water partition coefficient (Wildman–Crippen LogP) is 3.49. The van der Waals surface area contributed by atoms with E-state index < -0.39 is 23.8 Å². The van der Waals surface area contributed by atoms with Gasteiger partial charge in [-0.1, -0.05) is 0 Å². The Labute approximate surface area is 324 Å². The van der Waals surface area contributed by atoms with Gasteiger partial charge in [0.1, 0.15) is 17.5 Å². The van der Waals surface area contributed by atoms with Gasteiger partial charge >= 0.3 is 0 Å². The van der Waals surface area contributed by atoms with Gasteiger partial charge in [0.15, 0.2) is 0 Å². The standard InChI is InChI=1S/C42H47N7O7/c1-46(22-32-34(55-3)17-25(18-35(32)56-4)31-23-47(2)39(52)30-21-43-14-11-27(30)31)15-6-5-13-44-36-20-42(36)12-16-48(24-42)26-7-8-28-29(19-26)41(54)49(40(28)53)33-9-10-37(50)45-38(33)51/h7-8,11,14,17-19,21,23,33,36,44H,5-6,9-10,12-13,15-16,20,22,24H2,1-4H3,(H,45,50,51). The number of imide groups is 2. The van der Waals surface area contributed by atoms with E-state index in [0.717, 1.165) is 96.0 Å². The van der Waals surface area contributed by atoms with Crippen molar-refractivity contribution in [1.29, 1.82) is 0 Å². The number of unbranched alkanes of at least 4 members (excludes halogenated alkanes) is 1. The number of anilines is 1. The predicted molar refractivity (Wildman–Crippen MR) is 210 cm³/mol. The Morgan fingerprint density at radius 1 is 0.964 bits per heavy atom. The summed E-state index contributed by atoms with van der Waals surface area (Å²) in [6, 6.07) is 10.7. The summed E-state index contributed by atoms with van der Waals surface area (Å²) >= 11 is 0. The van der Waals surface area contributed by atoms with Gasteiger partial charge in [0.2, 0.25) is 11.8 Å². The van der Waals surface area contributed by atoms with Crippen LogP contribution in [0, 0.1) is 5.41 Å². The third kappa shape index (κ3) is 6.70. The summed E-state index contributed by atoms with van der Waals surface area (Å²) in [6.45, 7) is 4.22. The number of aromatic nitrogens is 2. The lowest BCUT2D eigenvalue weighted by Gasteiger charge is -2.27. The first kappa shape index (κ1) is 37.3. The molecule has 3 fully saturated rings. The van der Waals surface area contributed by atoms with E-state index in [-0.39, 0.29) is 29.7 Å². The summed E-state index contributed by atoms with van der Waals surface area (Å²) in [5, 5.41) is 7.42. The average molecular weight is 762 g/mol. The minimum Gasteiger partial charge on any atom is -0.496 e. The zero-order valence-electron chi connectivity index (χ0n) is 32.2. The maximum atomic E-state index is 13.4. The summed E-state index contributed by atoms with van der Waals surface area (Å²) in [6.07, 6.45) is 9.59. The summed E-state index contributed by atoms with van der Waals surface area (Å²) in [7, 11) is 7.18. The van der Waals surface area contributed by atoms with Crippen LogP contribution in [0.2, 0.25) is 0 Å². The molecule has 8 rings (SSSR count). The fraction of sp³-hybridized carbons (Fsp3) is 0.429. The number of carbonyl (C=O) groups is 4. The first-order valence-corrected chi connectivity index (χ1v) is 19.2. The molecule has 2 saturated heterocycles. The molecule has 5 heterocycles. The van der Waals surface area contributed by atoms with Crippen molar-refractivity contribution in [2.75, 3.05) is 52.3 Å². The van der Waals surface area contributed by atoms with Gasteiger partial charge in [-0.2, -0.15) is 0 Å². The Hall–Kier alpha value is -5.60. The topological polar surface area (TPSA) is 155 Å². The molecule has 14 heteroatoms. The molecule has 3 unspecified atom stereocenters. The van der Waals surface area contributed by atoms with Crippen LogP contribution in [0.4, 0.5) is 5.69 Å². The number of fused-ring (bicyclic) bond motifs is 2. The molecule has 3 atom stereocenters. The highest BCUT2D eigenvalue weighted by molar-refractivity contribution is 6.23. The number of nitrogens with one attached hydrogen (secondary N) is 2. The van der Waals surface area contributed by atoms with Crippen LogP contribution < -0.4 is 30.6 Å². The second kappa shape index (κ2) is 14.8. The molecule has 4 aromatic rings. The van der Waals surface area contributed by atoms with Crippen molar-refractivity contribution in [3.05, 3.63) is 82.0 Å². The fourth-order valence-electron chi connectivity index (χ4n) is 8.83. The maximum absolute atomic E-state index is 13.4. The quantitative estimate of drug-likeness (QED) is 0.152. The molecule has 292 valence electrons. The van der Waals surface area contributed by atoms with Gasteiger partial charge in [-0.3, -0.25) is 39.2 Å². The summed E-state index contributed by atoms with van der Waals surface area (Å²) in [4.78, 5) is 73.1. The highest BCUT2D eigenvalue weighted by Crippen LogP contribution is 2.53. The summed E-state index contributed by atoms with van der Waals surface area (Å²) in [5.41, 5.74) is 4.38. The van der Waals surface area contributed by atoms with E-state index in [4.69, 9.17) is 9.47 Å². The number of ether oxygens (including phenoxy) is 2. The summed E-state index contributed by atoms with van der Waals surface area (Å²) < 4.78 is 13.3. The third-order valence-electron chi connectivity index (χ3n) is 12.1. The molecule has 0 radical (unpaired) electrons. The van der Waals surface area contributed by atoms with Gasteiger partial charge in [0, 0.05) is 74.4 Å². The lowest BCUT2D eigenvalue weighted by molar-refractivity contribution is -0.136. The van der Waals surface area contributed by atoms with Gasteiger partial charge < -0.3 is 29.2 Å². The molecule has 4 amide bonds. The fourth-order valence-corrected chi connectivity index (χ4v) is 8.83. The van der Waals surface area contributed by atoms with E-state index in [1.807, 2.05) is 30.5 Å². The van der Waals surface area contributed by atoms with Gasteiger partial charge in [0.25, 0.3) is 17.4 Å². The van der Waals surface area contributed by atoms with Gasteiger partial charge in [-0.25, -0.2) is 0 Å². The average Bonchev–Trinajstić information content (AvgIpc) is 3.58. The third-order valence-corrected chi connectivity index (χ3v) is 12.1. The molecule has 3 aliphatic heterocycles. The van der Waals surface area contributed by atoms with Crippen molar-refractivity contribution in [1.82, 2.24) is 30.0 Å². The van der Waals surface area contributed by atoms with Crippen LogP contribution in [0.3, 0.4) is 0 Å². The Morgan fingerprint density at radius 3 is 2.48 bits per heavy atom. The van der Waals surface area contributed by atoms with Crippen molar-refractivity contribution in [3.63, 3.8) is 0 Å². The van der Waals surface area contributed by atoms with Crippen molar-refractivity contribution < 1.29 is 28.7 Å².